The number of carbonyl (C=O) groups excluding carboxylic acids is 1. The third-order valence-electron chi connectivity index (χ3n) is 2.87. The Kier molecular flexibility index (Phi) is 4.74. The summed E-state index contributed by atoms with van der Waals surface area (Å²) >= 11 is 3.36. The van der Waals surface area contributed by atoms with Crippen LogP contribution in [0.25, 0.3) is 0 Å². The average molecular weight is 318 g/mol. The smallest absolute Gasteiger partial charge is 0.251 e. The predicted octanol–water partition coefficient (Wildman–Crippen LogP) is 3.73. The molecular weight excluding hydrogens is 302 g/mol. The van der Waals surface area contributed by atoms with Crippen LogP contribution < -0.4 is 5.32 Å². The van der Waals surface area contributed by atoms with E-state index in [1.165, 1.54) is 11.1 Å². The normalized spacial score (nSPS) is 10.2. The second kappa shape index (κ2) is 6.53. The van der Waals surface area contributed by atoms with E-state index < -0.39 is 0 Å². The van der Waals surface area contributed by atoms with E-state index in [2.05, 4.69) is 46.4 Å². The number of carbonyl (C=O) groups is 1. The molecule has 19 heavy (non-hydrogen) atoms. The highest BCUT2D eigenvalue weighted by molar-refractivity contribution is 9.10. The predicted molar refractivity (Wildman–Crippen MR) is 81.4 cm³/mol. The third-order valence-corrected chi connectivity index (χ3v) is 3.36. The van der Waals surface area contributed by atoms with Crippen LogP contribution in [0.4, 0.5) is 0 Å². The summed E-state index contributed by atoms with van der Waals surface area (Å²) in [6.45, 7) is 2.72. The van der Waals surface area contributed by atoms with Gasteiger partial charge in [-0.05, 0) is 37.1 Å². The standard InChI is InChI=1S/C16H16BrNO/c1-12-4-2-5-13(10-12)8-9-18-16(19)14-6-3-7-15(17)11-14/h2-7,10-11H,8-9H2,1H3,(H,18,19). The van der Waals surface area contributed by atoms with E-state index in [1.54, 1.807) is 0 Å². The van der Waals surface area contributed by atoms with Crippen molar-refractivity contribution in [2.45, 2.75) is 13.3 Å². The minimum Gasteiger partial charge on any atom is -0.352 e. The molecule has 1 amide bonds. The maximum absolute atomic E-state index is 11.9. The van der Waals surface area contributed by atoms with Gasteiger partial charge in [0.15, 0.2) is 0 Å². The molecule has 0 aromatic heterocycles. The number of halogens is 1. The first-order chi connectivity index (χ1) is 9.15. The molecule has 0 aliphatic carbocycles. The van der Waals surface area contributed by atoms with Crippen LogP contribution in [0.15, 0.2) is 53.0 Å². The molecule has 0 saturated carbocycles. The number of benzene rings is 2. The van der Waals surface area contributed by atoms with Gasteiger partial charge >= 0.3 is 0 Å². The molecule has 98 valence electrons. The minimum absolute atomic E-state index is 0.0334. The molecule has 0 fully saturated rings. The SMILES string of the molecule is Cc1cccc(CCNC(=O)c2cccc(Br)c2)c1. The molecule has 0 aliphatic rings. The van der Waals surface area contributed by atoms with Crippen LogP contribution in [-0.4, -0.2) is 12.5 Å². The zero-order valence-electron chi connectivity index (χ0n) is 10.8. The molecule has 1 N–H and O–H groups in total. The van der Waals surface area contributed by atoms with Crippen molar-refractivity contribution in [3.05, 3.63) is 69.7 Å². The molecule has 0 bridgehead atoms. The van der Waals surface area contributed by atoms with E-state index in [9.17, 15) is 4.79 Å². The molecule has 0 unspecified atom stereocenters. The summed E-state index contributed by atoms with van der Waals surface area (Å²) in [5.41, 5.74) is 3.17. The number of nitrogens with one attached hydrogen (secondary N) is 1. The fourth-order valence-corrected chi connectivity index (χ4v) is 2.32. The van der Waals surface area contributed by atoms with Crippen LogP contribution >= 0.6 is 15.9 Å². The molecule has 3 heteroatoms. The Balaban J connectivity index is 1.87. The van der Waals surface area contributed by atoms with Crippen molar-refractivity contribution in [1.82, 2.24) is 5.32 Å². The van der Waals surface area contributed by atoms with Gasteiger partial charge in [-0.1, -0.05) is 51.8 Å². The van der Waals surface area contributed by atoms with Crippen molar-refractivity contribution >= 4 is 21.8 Å². The number of aryl methyl sites for hydroxylation is 1. The van der Waals surface area contributed by atoms with Crippen LogP contribution in [0.5, 0.6) is 0 Å². The number of rotatable bonds is 4. The summed E-state index contributed by atoms with van der Waals surface area (Å²) in [6.07, 6.45) is 0.849. The Morgan fingerprint density at radius 1 is 1.16 bits per heavy atom. The van der Waals surface area contributed by atoms with Gasteiger partial charge in [-0.15, -0.1) is 0 Å². The van der Waals surface area contributed by atoms with E-state index in [1.807, 2.05) is 30.3 Å². The quantitative estimate of drug-likeness (QED) is 0.914. The van der Waals surface area contributed by atoms with Gasteiger partial charge in [-0.3, -0.25) is 4.79 Å². The molecule has 0 atom stereocenters. The highest BCUT2D eigenvalue weighted by Crippen LogP contribution is 2.11. The third kappa shape index (κ3) is 4.21. The zero-order chi connectivity index (χ0) is 13.7. The highest BCUT2D eigenvalue weighted by Gasteiger charge is 2.04. The molecule has 2 nitrogen and oxygen atoms in total. The maximum atomic E-state index is 11.9. The molecule has 0 spiro atoms. The second-order valence-corrected chi connectivity index (χ2v) is 5.42. The van der Waals surface area contributed by atoms with Crippen molar-refractivity contribution in [2.75, 3.05) is 6.54 Å². The average Bonchev–Trinajstić information content (AvgIpc) is 2.38. The first-order valence-corrected chi connectivity index (χ1v) is 7.04. The maximum Gasteiger partial charge on any atom is 0.251 e. The summed E-state index contributed by atoms with van der Waals surface area (Å²) in [7, 11) is 0. The van der Waals surface area contributed by atoms with Crippen LogP contribution in [0.3, 0.4) is 0 Å². The summed E-state index contributed by atoms with van der Waals surface area (Å²) in [5.74, 6) is -0.0334. The topological polar surface area (TPSA) is 29.1 Å². The van der Waals surface area contributed by atoms with E-state index in [4.69, 9.17) is 0 Å². The Labute approximate surface area is 122 Å². The highest BCUT2D eigenvalue weighted by atomic mass is 79.9. The van der Waals surface area contributed by atoms with Gasteiger partial charge in [0.25, 0.3) is 5.91 Å². The lowest BCUT2D eigenvalue weighted by Crippen LogP contribution is -2.25. The number of hydrogen-bond donors (Lipinski definition) is 1. The first kappa shape index (κ1) is 13.8. The Morgan fingerprint density at radius 3 is 2.68 bits per heavy atom. The number of hydrogen-bond acceptors (Lipinski definition) is 1. The van der Waals surface area contributed by atoms with E-state index >= 15 is 0 Å². The molecule has 0 radical (unpaired) electrons. The molecule has 0 aliphatic heterocycles. The van der Waals surface area contributed by atoms with Gasteiger partial charge in [0.2, 0.25) is 0 Å². The lowest BCUT2D eigenvalue weighted by molar-refractivity contribution is 0.0954. The first-order valence-electron chi connectivity index (χ1n) is 6.24. The Bertz CT molecular complexity index is 580. The molecule has 2 aromatic carbocycles. The van der Waals surface area contributed by atoms with Gasteiger partial charge in [0.1, 0.15) is 0 Å². The fourth-order valence-electron chi connectivity index (χ4n) is 1.92. The van der Waals surface area contributed by atoms with Crippen molar-refractivity contribution in [3.63, 3.8) is 0 Å². The van der Waals surface area contributed by atoms with E-state index in [-0.39, 0.29) is 5.91 Å². The molecule has 2 rings (SSSR count). The van der Waals surface area contributed by atoms with Crippen LogP contribution in [0, 0.1) is 6.92 Å². The lowest BCUT2D eigenvalue weighted by atomic mass is 10.1. The van der Waals surface area contributed by atoms with Crippen LogP contribution in [0.1, 0.15) is 21.5 Å². The van der Waals surface area contributed by atoms with Crippen molar-refractivity contribution in [2.24, 2.45) is 0 Å². The molecule has 2 aromatic rings. The molecule has 0 heterocycles. The monoisotopic (exact) mass is 317 g/mol. The summed E-state index contributed by atoms with van der Waals surface area (Å²) in [6, 6.07) is 15.7. The summed E-state index contributed by atoms with van der Waals surface area (Å²) < 4.78 is 0.916. The molecule has 0 saturated heterocycles. The fraction of sp³-hybridized carbons (Fsp3) is 0.188. The Morgan fingerprint density at radius 2 is 1.95 bits per heavy atom. The van der Waals surface area contributed by atoms with Crippen molar-refractivity contribution < 1.29 is 4.79 Å². The summed E-state index contributed by atoms with van der Waals surface area (Å²) in [4.78, 5) is 11.9. The van der Waals surface area contributed by atoms with E-state index in [0.29, 0.717) is 12.1 Å². The van der Waals surface area contributed by atoms with Gasteiger partial charge < -0.3 is 5.32 Å². The van der Waals surface area contributed by atoms with Crippen molar-refractivity contribution in [3.8, 4) is 0 Å². The lowest BCUT2D eigenvalue weighted by Gasteiger charge is -2.06. The minimum atomic E-state index is -0.0334. The largest absolute Gasteiger partial charge is 0.352 e. The van der Waals surface area contributed by atoms with Crippen molar-refractivity contribution in [1.29, 1.82) is 0 Å². The molecular formula is C16H16BrNO. The van der Waals surface area contributed by atoms with Gasteiger partial charge in [0.05, 0.1) is 0 Å². The van der Waals surface area contributed by atoms with Crippen LogP contribution in [0.2, 0.25) is 0 Å². The van der Waals surface area contributed by atoms with Gasteiger partial charge in [-0.25, -0.2) is 0 Å². The van der Waals surface area contributed by atoms with Crippen LogP contribution in [-0.2, 0) is 6.42 Å². The number of amides is 1. The van der Waals surface area contributed by atoms with Gasteiger partial charge in [-0.2, -0.15) is 0 Å². The van der Waals surface area contributed by atoms with E-state index in [0.717, 1.165) is 10.9 Å². The summed E-state index contributed by atoms with van der Waals surface area (Å²) in [5, 5.41) is 2.93. The van der Waals surface area contributed by atoms with Gasteiger partial charge in [0, 0.05) is 16.6 Å². The second-order valence-electron chi connectivity index (χ2n) is 4.51. The zero-order valence-corrected chi connectivity index (χ0v) is 12.4. The Hall–Kier alpha value is -1.61.